The second-order valence-electron chi connectivity index (χ2n) is 7.87. The number of hydrogen-bond donors (Lipinski definition) is 2. The van der Waals surface area contributed by atoms with Gasteiger partial charge in [-0.25, -0.2) is 4.39 Å². The summed E-state index contributed by atoms with van der Waals surface area (Å²) in [4.78, 5) is 6.87. The van der Waals surface area contributed by atoms with Crippen molar-refractivity contribution in [2.45, 2.75) is 58.0 Å². The summed E-state index contributed by atoms with van der Waals surface area (Å²) in [5.41, 5.74) is 0.807. The molecule has 1 aromatic carbocycles. The lowest BCUT2D eigenvalue weighted by molar-refractivity contribution is 0.167. The highest BCUT2D eigenvalue weighted by Crippen LogP contribution is 2.22. The molecule has 0 radical (unpaired) electrons. The maximum atomic E-state index is 13.5. The Balaban J connectivity index is 1.86. The molecule has 2 rings (SSSR count). The Morgan fingerprint density at radius 1 is 1.32 bits per heavy atom. The van der Waals surface area contributed by atoms with Gasteiger partial charge in [0.25, 0.3) is 0 Å². The van der Waals surface area contributed by atoms with Gasteiger partial charge in [-0.05, 0) is 44.4 Å². The molecule has 5 heteroatoms. The van der Waals surface area contributed by atoms with Crippen molar-refractivity contribution in [2.75, 3.05) is 26.7 Å². The zero-order valence-corrected chi connectivity index (χ0v) is 16.3. The molecular weight excluding hydrogens is 315 g/mol. The molecule has 1 fully saturated rings. The molecule has 0 spiro atoms. The van der Waals surface area contributed by atoms with Gasteiger partial charge in [0.05, 0.1) is 0 Å². The SMILES string of the molecule is CN=C(NCC(C)(C)c1cccc(F)c1)NC1CCN(C(C)C)CC1. The molecule has 1 aromatic rings. The first kappa shape index (κ1) is 19.7. The van der Waals surface area contributed by atoms with E-state index in [0.717, 1.165) is 37.5 Å². The summed E-state index contributed by atoms with van der Waals surface area (Å²) in [6.07, 6.45) is 2.26. The maximum absolute atomic E-state index is 13.5. The van der Waals surface area contributed by atoms with Crippen LogP contribution < -0.4 is 10.6 Å². The molecule has 1 aliphatic heterocycles. The normalized spacial score (nSPS) is 17.8. The van der Waals surface area contributed by atoms with Gasteiger partial charge in [-0.3, -0.25) is 4.99 Å². The van der Waals surface area contributed by atoms with E-state index >= 15 is 0 Å². The van der Waals surface area contributed by atoms with E-state index in [4.69, 9.17) is 0 Å². The Labute approximate surface area is 151 Å². The molecule has 1 saturated heterocycles. The fourth-order valence-electron chi connectivity index (χ4n) is 3.26. The topological polar surface area (TPSA) is 39.7 Å². The van der Waals surface area contributed by atoms with Crippen molar-refractivity contribution in [3.05, 3.63) is 35.6 Å². The van der Waals surface area contributed by atoms with Gasteiger partial charge < -0.3 is 15.5 Å². The predicted molar refractivity (Wildman–Crippen MR) is 104 cm³/mol. The second-order valence-corrected chi connectivity index (χ2v) is 7.87. The van der Waals surface area contributed by atoms with Crippen LogP contribution in [0.3, 0.4) is 0 Å². The monoisotopic (exact) mass is 348 g/mol. The van der Waals surface area contributed by atoms with Gasteiger partial charge in [0.15, 0.2) is 5.96 Å². The summed E-state index contributed by atoms with van der Waals surface area (Å²) in [5, 5.41) is 6.95. The predicted octanol–water partition coefficient (Wildman–Crippen LogP) is 3.14. The smallest absolute Gasteiger partial charge is 0.191 e. The fraction of sp³-hybridized carbons (Fsp3) is 0.650. The third-order valence-corrected chi connectivity index (χ3v) is 5.13. The van der Waals surface area contributed by atoms with E-state index in [2.05, 4.69) is 48.2 Å². The number of hydrogen-bond acceptors (Lipinski definition) is 2. The van der Waals surface area contributed by atoms with Crippen LogP contribution in [0, 0.1) is 5.82 Å². The van der Waals surface area contributed by atoms with Gasteiger partial charge in [-0.2, -0.15) is 0 Å². The fourth-order valence-corrected chi connectivity index (χ4v) is 3.26. The molecule has 0 aliphatic carbocycles. The Morgan fingerprint density at radius 2 is 2.00 bits per heavy atom. The number of benzene rings is 1. The number of nitrogens with one attached hydrogen (secondary N) is 2. The van der Waals surface area contributed by atoms with E-state index in [1.807, 2.05) is 6.07 Å². The third-order valence-electron chi connectivity index (χ3n) is 5.13. The minimum atomic E-state index is -0.190. The Bertz CT molecular complexity index is 575. The van der Waals surface area contributed by atoms with Crippen molar-refractivity contribution >= 4 is 5.96 Å². The van der Waals surface area contributed by atoms with Crippen LogP contribution in [0.5, 0.6) is 0 Å². The highest BCUT2D eigenvalue weighted by atomic mass is 19.1. The Hall–Kier alpha value is -1.62. The molecule has 0 bridgehead atoms. The molecule has 0 aromatic heterocycles. The first-order valence-corrected chi connectivity index (χ1v) is 9.29. The van der Waals surface area contributed by atoms with Gasteiger partial charge in [-0.15, -0.1) is 0 Å². The van der Waals surface area contributed by atoms with Crippen molar-refractivity contribution in [1.29, 1.82) is 0 Å². The number of aliphatic imine (C=N–C) groups is 1. The summed E-state index contributed by atoms with van der Waals surface area (Å²) >= 11 is 0. The van der Waals surface area contributed by atoms with Crippen LogP contribution in [0.25, 0.3) is 0 Å². The highest BCUT2D eigenvalue weighted by molar-refractivity contribution is 5.80. The van der Waals surface area contributed by atoms with E-state index in [1.165, 1.54) is 6.07 Å². The molecular formula is C20H33FN4. The first-order valence-electron chi connectivity index (χ1n) is 9.29. The quantitative estimate of drug-likeness (QED) is 0.634. The molecule has 25 heavy (non-hydrogen) atoms. The van der Waals surface area contributed by atoms with Crippen LogP contribution in [-0.2, 0) is 5.41 Å². The van der Waals surface area contributed by atoms with Gasteiger partial charge >= 0.3 is 0 Å². The molecule has 2 N–H and O–H groups in total. The van der Waals surface area contributed by atoms with Crippen LogP contribution >= 0.6 is 0 Å². The third kappa shape index (κ3) is 5.70. The van der Waals surface area contributed by atoms with Gasteiger partial charge in [0.1, 0.15) is 5.82 Å². The lowest BCUT2D eigenvalue weighted by Gasteiger charge is -2.35. The van der Waals surface area contributed by atoms with Crippen molar-refractivity contribution in [3.63, 3.8) is 0 Å². The van der Waals surface area contributed by atoms with E-state index in [1.54, 1.807) is 19.2 Å². The van der Waals surface area contributed by atoms with Gasteiger partial charge in [-0.1, -0.05) is 26.0 Å². The largest absolute Gasteiger partial charge is 0.356 e. The maximum Gasteiger partial charge on any atom is 0.191 e. The van der Waals surface area contributed by atoms with Crippen molar-refractivity contribution in [1.82, 2.24) is 15.5 Å². The standard InChI is InChI=1S/C20H33FN4/c1-15(2)25-11-9-18(10-12-25)24-19(22-5)23-14-20(3,4)16-7-6-8-17(21)13-16/h6-8,13,15,18H,9-12,14H2,1-5H3,(H2,22,23,24). The van der Waals surface area contributed by atoms with Crippen molar-refractivity contribution in [3.8, 4) is 0 Å². The summed E-state index contributed by atoms with van der Waals surface area (Å²) in [6.45, 7) is 11.7. The van der Waals surface area contributed by atoms with Crippen molar-refractivity contribution in [2.24, 2.45) is 4.99 Å². The number of rotatable bonds is 5. The molecule has 0 saturated carbocycles. The van der Waals surface area contributed by atoms with Gasteiger partial charge in [0, 0.05) is 44.2 Å². The summed E-state index contributed by atoms with van der Waals surface area (Å²) in [6, 6.07) is 7.91. The number of guanidine groups is 1. The lowest BCUT2D eigenvalue weighted by atomic mass is 9.84. The number of halogens is 1. The summed E-state index contributed by atoms with van der Waals surface area (Å²) < 4.78 is 13.5. The van der Waals surface area contributed by atoms with E-state index in [0.29, 0.717) is 18.6 Å². The van der Waals surface area contributed by atoms with E-state index in [9.17, 15) is 4.39 Å². The molecule has 0 unspecified atom stereocenters. The summed E-state index contributed by atoms with van der Waals surface area (Å²) in [7, 11) is 1.80. The zero-order chi connectivity index (χ0) is 18.4. The summed E-state index contributed by atoms with van der Waals surface area (Å²) in [5.74, 6) is 0.637. The lowest BCUT2D eigenvalue weighted by Crippen LogP contribution is -2.51. The number of likely N-dealkylation sites (tertiary alicyclic amines) is 1. The van der Waals surface area contributed by atoms with Crippen molar-refractivity contribution < 1.29 is 4.39 Å². The molecule has 4 nitrogen and oxygen atoms in total. The van der Waals surface area contributed by atoms with Crippen LogP contribution in [0.15, 0.2) is 29.3 Å². The minimum Gasteiger partial charge on any atom is -0.356 e. The van der Waals surface area contributed by atoms with Crippen LogP contribution in [0.1, 0.15) is 46.1 Å². The average Bonchev–Trinajstić information content (AvgIpc) is 2.59. The highest BCUT2D eigenvalue weighted by Gasteiger charge is 2.24. The molecule has 140 valence electrons. The molecule has 0 amide bonds. The molecule has 1 aliphatic rings. The average molecular weight is 349 g/mol. The Kier molecular flexibility index (Phi) is 6.82. The van der Waals surface area contributed by atoms with Crippen LogP contribution in [-0.4, -0.2) is 49.6 Å². The van der Waals surface area contributed by atoms with E-state index < -0.39 is 0 Å². The van der Waals surface area contributed by atoms with Crippen LogP contribution in [0.4, 0.5) is 4.39 Å². The van der Waals surface area contributed by atoms with Gasteiger partial charge in [0.2, 0.25) is 0 Å². The zero-order valence-electron chi connectivity index (χ0n) is 16.3. The number of piperidine rings is 1. The number of nitrogens with zero attached hydrogens (tertiary/aromatic N) is 2. The molecule has 1 heterocycles. The first-order chi connectivity index (χ1) is 11.8. The van der Waals surface area contributed by atoms with E-state index in [-0.39, 0.29) is 11.2 Å². The molecule has 0 atom stereocenters. The second kappa shape index (κ2) is 8.65. The van der Waals surface area contributed by atoms with Crippen LogP contribution in [0.2, 0.25) is 0 Å². The Morgan fingerprint density at radius 3 is 2.56 bits per heavy atom. The minimum absolute atomic E-state index is 0.180.